The molecule has 128 valence electrons. The number of anilines is 2. The Bertz CT molecular complexity index is 872. The number of sulfonamides is 1. The minimum Gasteiger partial charge on any atom is -0.356 e. The quantitative estimate of drug-likeness (QED) is 0.844. The van der Waals surface area contributed by atoms with Gasteiger partial charge in [0, 0.05) is 38.3 Å². The van der Waals surface area contributed by atoms with Crippen molar-refractivity contribution in [3.63, 3.8) is 0 Å². The molecule has 24 heavy (non-hydrogen) atoms. The van der Waals surface area contributed by atoms with Crippen LogP contribution in [0.25, 0.3) is 0 Å². The molecule has 3 heterocycles. The number of rotatable bonds is 4. The normalized spacial score (nSPS) is 17.9. The molecule has 0 saturated heterocycles. The summed E-state index contributed by atoms with van der Waals surface area (Å²) in [6.45, 7) is 3.47. The molecule has 1 aliphatic heterocycles. The lowest BCUT2D eigenvalue weighted by atomic mass is 10.3. The molecule has 1 aliphatic carbocycles. The van der Waals surface area contributed by atoms with E-state index in [9.17, 15) is 8.42 Å². The molecule has 0 aromatic carbocycles. The summed E-state index contributed by atoms with van der Waals surface area (Å²) < 4.78 is 29.7. The zero-order chi connectivity index (χ0) is 16.9. The summed E-state index contributed by atoms with van der Waals surface area (Å²) >= 11 is 0. The van der Waals surface area contributed by atoms with Crippen LogP contribution in [0.1, 0.15) is 31.4 Å². The maximum Gasteiger partial charge on any atom is 0.281 e. The van der Waals surface area contributed by atoms with E-state index in [0.717, 1.165) is 18.5 Å². The Balaban J connectivity index is 1.80. The van der Waals surface area contributed by atoms with E-state index in [1.165, 1.54) is 4.31 Å². The third kappa shape index (κ3) is 2.36. The molecular formula is C16H21N5O2S. The standard InChI is InChI=1S/C16H21N5O2S/c1-3-20-15(11-13(18-20)12-6-7-12)24(22,23)21-10-9-19(2)16-14(21)5-4-8-17-16/h4-5,8,11-12H,3,6-7,9-10H2,1-2H3. The van der Waals surface area contributed by atoms with Crippen LogP contribution < -0.4 is 9.21 Å². The van der Waals surface area contributed by atoms with Crippen LogP contribution in [0.3, 0.4) is 0 Å². The molecule has 0 spiro atoms. The third-order valence-corrected chi connectivity index (χ3v) is 6.46. The molecule has 2 aromatic heterocycles. The summed E-state index contributed by atoms with van der Waals surface area (Å²) in [5.41, 5.74) is 1.53. The lowest BCUT2D eigenvalue weighted by molar-refractivity contribution is 0.547. The number of nitrogens with zero attached hydrogens (tertiary/aromatic N) is 5. The van der Waals surface area contributed by atoms with Gasteiger partial charge in [-0.15, -0.1) is 0 Å². The maximum absolute atomic E-state index is 13.3. The summed E-state index contributed by atoms with van der Waals surface area (Å²) in [5.74, 6) is 1.12. The second-order valence-electron chi connectivity index (χ2n) is 6.34. The van der Waals surface area contributed by atoms with Gasteiger partial charge in [0.25, 0.3) is 10.0 Å². The van der Waals surface area contributed by atoms with Crippen molar-refractivity contribution in [1.29, 1.82) is 0 Å². The summed E-state index contributed by atoms with van der Waals surface area (Å²) in [6, 6.07) is 5.34. The number of aromatic nitrogens is 3. The molecule has 0 unspecified atom stereocenters. The van der Waals surface area contributed by atoms with E-state index in [2.05, 4.69) is 10.1 Å². The maximum atomic E-state index is 13.3. The van der Waals surface area contributed by atoms with Gasteiger partial charge in [-0.25, -0.2) is 4.98 Å². The van der Waals surface area contributed by atoms with Crippen LogP contribution in [0.5, 0.6) is 0 Å². The smallest absolute Gasteiger partial charge is 0.281 e. The second-order valence-corrected chi connectivity index (χ2v) is 8.15. The van der Waals surface area contributed by atoms with Crippen LogP contribution in [0.4, 0.5) is 11.5 Å². The first kappa shape index (κ1) is 15.4. The molecule has 0 atom stereocenters. The molecule has 0 bridgehead atoms. The van der Waals surface area contributed by atoms with Gasteiger partial charge in [0.15, 0.2) is 10.8 Å². The number of fused-ring (bicyclic) bond motifs is 1. The van der Waals surface area contributed by atoms with E-state index >= 15 is 0 Å². The lowest BCUT2D eigenvalue weighted by Crippen LogP contribution is -2.43. The number of pyridine rings is 1. The Morgan fingerprint density at radius 3 is 2.79 bits per heavy atom. The van der Waals surface area contributed by atoms with Crippen LogP contribution in [-0.4, -0.2) is 43.3 Å². The van der Waals surface area contributed by atoms with Crippen molar-refractivity contribution < 1.29 is 8.42 Å². The topological polar surface area (TPSA) is 71.3 Å². The number of hydrogen-bond donors (Lipinski definition) is 0. The van der Waals surface area contributed by atoms with E-state index in [1.807, 2.05) is 24.9 Å². The molecule has 1 fully saturated rings. The van der Waals surface area contributed by atoms with Crippen molar-refractivity contribution in [3.05, 3.63) is 30.1 Å². The van der Waals surface area contributed by atoms with Gasteiger partial charge in [-0.05, 0) is 31.9 Å². The SMILES string of the molecule is CCn1nc(C2CC2)cc1S(=O)(=O)N1CCN(C)c2ncccc21. The van der Waals surface area contributed by atoms with Gasteiger partial charge in [-0.1, -0.05) is 0 Å². The second kappa shape index (κ2) is 5.47. The third-order valence-electron chi connectivity index (χ3n) is 4.65. The first-order chi connectivity index (χ1) is 11.5. The fourth-order valence-electron chi connectivity index (χ4n) is 3.14. The number of aryl methyl sites for hydroxylation is 1. The average Bonchev–Trinajstić information content (AvgIpc) is 3.33. The van der Waals surface area contributed by atoms with Crippen LogP contribution in [0.2, 0.25) is 0 Å². The van der Waals surface area contributed by atoms with Gasteiger partial charge in [0.2, 0.25) is 0 Å². The fourth-order valence-corrected chi connectivity index (χ4v) is 4.79. The fraction of sp³-hybridized carbons (Fsp3) is 0.500. The molecule has 2 aliphatic rings. The molecular weight excluding hydrogens is 326 g/mol. The highest BCUT2D eigenvalue weighted by Gasteiger charge is 2.36. The van der Waals surface area contributed by atoms with Crippen LogP contribution in [0, 0.1) is 0 Å². The molecule has 8 heteroatoms. The highest BCUT2D eigenvalue weighted by molar-refractivity contribution is 7.92. The van der Waals surface area contributed by atoms with Crippen molar-refractivity contribution in [2.75, 3.05) is 29.3 Å². The van der Waals surface area contributed by atoms with Gasteiger partial charge < -0.3 is 4.90 Å². The van der Waals surface area contributed by atoms with E-state index in [0.29, 0.717) is 37.1 Å². The highest BCUT2D eigenvalue weighted by Crippen LogP contribution is 2.41. The van der Waals surface area contributed by atoms with E-state index in [-0.39, 0.29) is 5.03 Å². The summed E-state index contributed by atoms with van der Waals surface area (Å²) in [5, 5.41) is 4.79. The molecule has 1 saturated carbocycles. The first-order valence-corrected chi connectivity index (χ1v) is 9.73. The Kier molecular flexibility index (Phi) is 3.52. The monoisotopic (exact) mass is 347 g/mol. The molecule has 2 aromatic rings. The van der Waals surface area contributed by atoms with E-state index in [1.54, 1.807) is 23.0 Å². The molecule has 4 rings (SSSR count). The number of hydrogen-bond acceptors (Lipinski definition) is 5. The Labute approximate surface area is 142 Å². The van der Waals surface area contributed by atoms with Crippen molar-refractivity contribution in [2.45, 2.75) is 37.3 Å². The zero-order valence-electron chi connectivity index (χ0n) is 13.9. The van der Waals surface area contributed by atoms with Crippen molar-refractivity contribution in [2.24, 2.45) is 0 Å². The Hall–Kier alpha value is -2.09. The van der Waals surface area contributed by atoms with Crippen LogP contribution >= 0.6 is 0 Å². The summed E-state index contributed by atoms with van der Waals surface area (Å²) in [6.07, 6.45) is 3.88. The molecule has 0 N–H and O–H groups in total. The average molecular weight is 347 g/mol. The zero-order valence-corrected chi connectivity index (χ0v) is 14.7. The van der Waals surface area contributed by atoms with Gasteiger partial charge in [-0.3, -0.25) is 8.99 Å². The van der Waals surface area contributed by atoms with Gasteiger partial charge in [0.1, 0.15) is 0 Å². The predicted molar refractivity (Wildman–Crippen MR) is 91.9 cm³/mol. The minimum atomic E-state index is -3.66. The number of likely N-dealkylation sites (N-methyl/N-ethyl adjacent to an activating group) is 1. The molecule has 0 amide bonds. The van der Waals surface area contributed by atoms with Crippen LogP contribution in [0.15, 0.2) is 29.4 Å². The van der Waals surface area contributed by atoms with Gasteiger partial charge in [-0.2, -0.15) is 13.5 Å². The van der Waals surface area contributed by atoms with Gasteiger partial charge >= 0.3 is 0 Å². The lowest BCUT2D eigenvalue weighted by Gasteiger charge is -2.34. The van der Waals surface area contributed by atoms with Gasteiger partial charge in [0.05, 0.1) is 17.9 Å². The van der Waals surface area contributed by atoms with E-state index in [4.69, 9.17) is 0 Å². The van der Waals surface area contributed by atoms with Crippen molar-refractivity contribution >= 4 is 21.5 Å². The summed E-state index contributed by atoms with van der Waals surface area (Å²) in [4.78, 5) is 6.32. The molecule has 0 radical (unpaired) electrons. The van der Waals surface area contributed by atoms with Crippen molar-refractivity contribution in [3.8, 4) is 0 Å². The predicted octanol–water partition coefficient (Wildman–Crippen LogP) is 1.82. The minimum absolute atomic E-state index is 0.284. The summed E-state index contributed by atoms with van der Waals surface area (Å²) in [7, 11) is -1.73. The first-order valence-electron chi connectivity index (χ1n) is 8.29. The Morgan fingerprint density at radius 1 is 1.29 bits per heavy atom. The van der Waals surface area contributed by atoms with E-state index < -0.39 is 10.0 Å². The Morgan fingerprint density at radius 2 is 2.08 bits per heavy atom. The largest absolute Gasteiger partial charge is 0.356 e. The van der Waals surface area contributed by atoms with Crippen molar-refractivity contribution in [1.82, 2.24) is 14.8 Å². The highest BCUT2D eigenvalue weighted by atomic mass is 32.2. The van der Waals surface area contributed by atoms with Crippen LogP contribution in [-0.2, 0) is 16.6 Å². The molecule has 7 nitrogen and oxygen atoms in total.